The first kappa shape index (κ1) is 17.7. The van der Waals surface area contributed by atoms with Crippen molar-refractivity contribution in [1.29, 1.82) is 0 Å². The molecule has 1 rings (SSSR count). The molecule has 0 aliphatic heterocycles. The van der Waals surface area contributed by atoms with Gasteiger partial charge in [-0.3, -0.25) is 4.18 Å². The van der Waals surface area contributed by atoms with Crippen LogP contribution < -0.4 is 0 Å². The van der Waals surface area contributed by atoms with E-state index in [9.17, 15) is 8.42 Å². The van der Waals surface area contributed by atoms with Gasteiger partial charge in [-0.25, -0.2) is 0 Å². The Hall–Kier alpha value is -0.390. The second-order valence-electron chi connectivity index (χ2n) is 5.00. The molecule has 20 heavy (non-hydrogen) atoms. The maximum atomic E-state index is 12.3. The number of rotatable bonds is 8. The number of aryl methyl sites for hydroxylation is 1. The molecule has 3 nitrogen and oxygen atoms in total. The smallest absolute Gasteiger partial charge is 0.262 e. The Balaban J connectivity index is 2.88. The number of alkyl halides is 1. The highest BCUT2D eigenvalue weighted by atomic mass is 79.9. The molecule has 2 atom stereocenters. The number of hydrogen-bond acceptors (Lipinski definition) is 3. The highest BCUT2D eigenvalue weighted by molar-refractivity contribution is 9.09. The third-order valence-corrected chi connectivity index (χ3v) is 5.50. The van der Waals surface area contributed by atoms with Crippen LogP contribution in [0.1, 0.15) is 45.1 Å². The summed E-state index contributed by atoms with van der Waals surface area (Å²) in [7, 11) is -3.69. The van der Waals surface area contributed by atoms with E-state index in [0.29, 0.717) is 0 Å². The summed E-state index contributed by atoms with van der Waals surface area (Å²) in [5.74, 6) is 0. The van der Waals surface area contributed by atoms with Crippen molar-refractivity contribution in [3.63, 3.8) is 0 Å². The molecule has 0 spiro atoms. The Labute approximate surface area is 131 Å². The second kappa shape index (κ2) is 8.15. The molecule has 0 heterocycles. The Morgan fingerprint density at radius 2 is 1.65 bits per heavy atom. The van der Waals surface area contributed by atoms with Crippen LogP contribution in [0.4, 0.5) is 0 Å². The van der Waals surface area contributed by atoms with Crippen molar-refractivity contribution >= 4 is 26.0 Å². The van der Waals surface area contributed by atoms with Crippen molar-refractivity contribution in [3.05, 3.63) is 29.8 Å². The Morgan fingerprint density at radius 1 is 1.10 bits per heavy atom. The van der Waals surface area contributed by atoms with Crippen LogP contribution in [0.3, 0.4) is 0 Å². The van der Waals surface area contributed by atoms with Gasteiger partial charge >= 0.3 is 0 Å². The largest absolute Gasteiger partial charge is 0.297 e. The molecule has 0 aromatic heterocycles. The molecule has 0 amide bonds. The maximum Gasteiger partial charge on any atom is 0.297 e. The zero-order valence-corrected chi connectivity index (χ0v) is 14.7. The first-order chi connectivity index (χ1) is 9.40. The SMILES string of the molecule is CCC[C@H](Br)[C@@H](CCC)OS(=O)(=O)c1ccc(C)cc1. The van der Waals surface area contributed by atoms with Gasteiger partial charge in [0.15, 0.2) is 0 Å². The van der Waals surface area contributed by atoms with E-state index in [0.717, 1.165) is 31.2 Å². The summed E-state index contributed by atoms with van der Waals surface area (Å²) in [5.41, 5.74) is 1.03. The zero-order valence-electron chi connectivity index (χ0n) is 12.3. The molecule has 0 aliphatic carbocycles. The van der Waals surface area contributed by atoms with Gasteiger partial charge in [0.05, 0.1) is 11.0 Å². The summed E-state index contributed by atoms with van der Waals surface area (Å²) in [5, 5.41) is 0. The zero-order chi connectivity index (χ0) is 15.2. The number of halogens is 1. The molecule has 0 saturated carbocycles. The predicted molar refractivity (Wildman–Crippen MR) is 85.8 cm³/mol. The fraction of sp³-hybridized carbons (Fsp3) is 0.600. The Morgan fingerprint density at radius 3 is 2.15 bits per heavy atom. The Kier molecular flexibility index (Phi) is 7.20. The summed E-state index contributed by atoms with van der Waals surface area (Å²) >= 11 is 3.55. The van der Waals surface area contributed by atoms with Gasteiger partial charge < -0.3 is 0 Å². The molecular weight excluding hydrogens is 340 g/mol. The normalized spacial score (nSPS) is 15.0. The van der Waals surface area contributed by atoms with E-state index in [1.807, 2.05) is 13.8 Å². The van der Waals surface area contributed by atoms with Crippen molar-refractivity contribution in [2.75, 3.05) is 0 Å². The van der Waals surface area contributed by atoms with E-state index >= 15 is 0 Å². The van der Waals surface area contributed by atoms with Crippen molar-refractivity contribution in [2.45, 2.75) is 62.3 Å². The van der Waals surface area contributed by atoms with Gasteiger partial charge in [-0.1, -0.05) is 60.3 Å². The third-order valence-electron chi connectivity index (χ3n) is 3.10. The predicted octanol–water partition coefficient (Wildman–Crippen LogP) is 4.43. The van der Waals surface area contributed by atoms with Gasteiger partial charge in [0.25, 0.3) is 10.1 Å². The van der Waals surface area contributed by atoms with E-state index in [4.69, 9.17) is 4.18 Å². The summed E-state index contributed by atoms with van der Waals surface area (Å²) in [6.45, 7) is 6.03. The molecule has 114 valence electrons. The maximum absolute atomic E-state index is 12.3. The third kappa shape index (κ3) is 5.19. The molecule has 1 aromatic carbocycles. The highest BCUT2D eigenvalue weighted by Crippen LogP contribution is 2.24. The first-order valence-electron chi connectivity index (χ1n) is 7.04. The molecule has 5 heteroatoms. The molecular formula is C15H23BrO3S. The molecule has 0 N–H and O–H groups in total. The quantitative estimate of drug-likeness (QED) is 0.507. The number of benzene rings is 1. The minimum atomic E-state index is -3.69. The number of hydrogen-bond donors (Lipinski definition) is 0. The van der Waals surface area contributed by atoms with Crippen LogP contribution in [0.5, 0.6) is 0 Å². The van der Waals surface area contributed by atoms with Crippen LogP contribution in [-0.2, 0) is 14.3 Å². The topological polar surface area (TPSA) is 43.4 Å². The second-order valence-corrected chi connectivity index (χ2v) is 7.74. The lowest BCUT2D eigenvalue weighted by Gasteiger charge is -2.21. The fourth-order valence-corrected chi connectivity index (χ4v) is 4.07. The van der Waals surface area contributed by atoms with Gasteiger partial charge in [0.1, 0.15) is 0 Å². The molecule has 0 fully saturated rings. The molecule has 0 unspecified atom stereocenters. The monoisotopic (exact) mass is 362 g/mol. The van der Waals surface area contributed by atoms with E-state index in [1.54, 1.807) is 24.3 Å². The van der Waals surface area contributed by atoms with Gasteiger partial charge in [-0.15, -0.1) is 0 Å². The van der Waals surface area contributed by atoms with Crippen molar-refractivity contribution in [3.8, 4) is 0 Å². The van der Waals surface area contributed by atoms with Crippen LogP contribution in [0.25, 0.3) is 0 Å². The van der Waals surface area contributed by atoms with Crippen molar-refractivity contribution < 1.29 is 12.6 Å². The van der Waals surface area contributed by atoms with Crippen LogP contribution >= 0.6 is 15.9 Å². The van der Waals surface area contributed by atoms with Crippen molar-refractivity contribution in [1.82, 2.24) is 0 Å². The lowest BCUT2D eigenvalue weighted by Crippen LogP contribution is -2.27. The lowest BCUT2D eigenvalue weighted by molar-refractivity contribution is 0.192. The van der Waals surface area contributed by atoms with Gasteiger partial charge in [-0.2, -0.15) is 8.42 Å². The average Bonchev–Trinajstić information content (AvgIpc) is 2.39. The summed E-state index contributed by atoms with van der Waals surface area (Å²) in [6.07, 6.45) is 3.19. The van der Waals surface area contributed by atoms with Crippen LogP contribution in [0.2, 0.25) is 0 Å². The summed E-state index contributed by atoms with van der Waals surface area (Å²) < 4.78 is 30.0. The van der Waals surface area contributed by atoms with Gasteiger partial charge in [0.2, 0.25) is 0 Å². The highest BCUT2D eigenvalue weighted by Gasteiger charge is 2.26. The van der Waals surface area contributed by atoms with E-state index < -0.39 is 10.1 Å². The van der Waals surface area contributed by atoms with Gasteiger partial charge in [0, 0.05) is 4.83 Å². The minimum Gasteiger partial charge on any atom is -0.262 e. The van der Waals surface area contributed by atoms with Crippen LogP contribution in [0.15, 0.2) is 29.2 Å². The minimum absolute atomic E-state index is 0.0627. The van der Waals surface area contributed by atoms with Crippen LogP contribution in [0, 0.1) is 6.92 Å². The van der Waals surface area contributed by atoms with Crippen molar-refractivity contribution in [2.24, 2.45) is 0 Å². The summed E-state index contributed by atoms with van der Waals surface area (Å²) in [6, 6.07) is 6.75. The molecule has 1 aromatic rings. The molecule has 0 aliphatic rings. The van der Waals surface area contributed by atoms with Gasteiger partial charge in [-0.05, 0) is 31.9 Å². The molecule has 0 radical (unpaired) electrons. The Bertz CT molecular complexity index is 496. The fourth-order valence-electron chi connectivity index (χ4n) is 1.96. The van der Waals surface area contributed by atoms with E-state index in [1.165, 1.54) is 0 Å². The van der Waals surface area contributed by atoms with Crippen LogP contribution in [-0.4, -0.2) is 19.3 Å². The van der Waals surface area contributed by atoms with E-state index in [-0.39, 0.29) is 15.8 Å². The van der Waals surface area contributed by atoms with E-state index in [2.05, 4.69) is 22.9 Å². The lowest BCUT2D eigenvalue weighted by atomic mass is 10.1. The summed E-state index contributed by atoms with van der Waals surface area (Å²) in [4.78, 5) is 0.285. The molecule has 0 bridgehead atoms. The first-order valence-corrected chi connectivity index (χ1v) is 9.37. The average molecular weight is 363 g/mol. The standard InChI is InChI=1S/C15H23BrO3S/c1-4-6-14(16)15(7-5-2)19-20(17,18)13-10-8-12(3)9-11-13/h8-11,14-15H,4-7H2,1-3H3/t14-,15+/m0/s1. The molecule has 0 saturated heterocycles.